The molecule has 2 N–H and O–H groups in total. The molecule has 8 heteroatoms. The smallest absolute Gasteiger partial charge is 0.231 e. The molecule has 126 valence electrons. The number of rotatable bonds is 5. The molecule has 1 amide bonds. The maximum Gasteiger partial charge on any atom is 0.231 e. The molecule has 0 spiro atoms. The molecule has 0 atom stereocenters. The molecule has 2 aromatic heterocycles. The van der Waals surface area contributed by atoms with Crippen LogP contribution in [0, 0.1) is 0 Å². The summed E-state index contributed by atoms with van der Waals surface area (Å²) < 4.78 is 0. The number of carbonyl (C=O) groups is 1. The highest BCUT2D eigenvalue weighted by atomic mass is 32.1. The number of benzene rings is 1. The summed E-state index contributed by atoms with van der Waals surface area (Å²) in [6.45, 7) is 1.77. The number of hydrogen-bond donors (Lipinski definition) is 2. The standard InChI is InChI=1S/C17H15N5O2S/c1-11(19-14-4-2-3-9-18-14)10-15(24)20-17-22-21-16(25-17)12-5-7-13(23)8-6-12/h2-9,23H,10H2,1H3,(H,20,22,24). The Hall–Kier alpha value is -3.13. The third kappa shape index (κ3) is 4.67. The number of pyridine rings is 1. The first-order valence-corrected chi connectivity index (χ1v) is 8.30. The van der Waals surface area contributed by atoms with Gasteiger partial charge in [0.05, 0.1) is 6.42 Å². The molecule has 0 bridgehead atoms. The van der Waals surface area contributed by atoms with E-state index < -0.39 is 0 Å². The average Bonchev–Trinajstić information content (AvgIpc) is 3.04. The first-order chi connectivity index (χ1) is 12.1. The van der Waals surface area contributed by atoms with E-state index in [2.05, 4.69) is 25.5 Å². The lowest BCUT2D eigenvalue weighted by molar-refractivity contribution is -0.115. The van der Waals surface area contributed by atoms with Crippen LogP contribution in [-0.4, -0.2) is 31.9 Å². The quantitative estimate of drug-likeness (QED) is 0.685. The lowest BCUT2D eigenvalue weighted by Gasteiger charge is -2.01. The molecule has 0 unspecified atom stereocenters. The second-order valence-corrected chi connectivity index (χ2v) is 6.20. The molecule has 0 aliphatic carbocycles. The van der Waals surface area contributed by atoms with Gasteiger partial charge in [0.1, 0.15) is 10.8 Å². The van der Waals surface area contributed by atoms with Crippen molar-refractivity contribution in [3.63, 3.8) is 0 Å². The van der Waals surface area contributed by atoms with Gasteiger partial charge in [0.2, 0.25) is 11.0 Å². The largest absolute Gasteiger partial charge is 0.508 e. The van der Waals surface area contributed by atoms with E-state index in [1.54, 1.807) is 43.5 Å². The van der Waals surface area contributed by atoms with Gasteiger partial charge in [0, 0.05) is 17.5 Å². The Kier molecular flexibility index (Phi) is 5.10. The fourth-order valence-electron chi connectivity index (χ4n) is 2.05. The van der Waals surface area contributed by atoms with Gasteiger partial charge < -0.3 is 10.4 Å². The Morgan fingerprint density at radius 2 is 2.00 bits per heavy atom. The summed E-state index contributed by atoms with van der Waals surface area (Å²) in [7, 11) is 0. The summed E-state index contributed by atoms with van der Waals surface area (Å²) in [4.78, 5) is 20.5. The number of nitrogens with one attached hydrogen (secondary N) is 1. The number of hydrogen-bond acceptors (Lipinski definition) is 7. The number of anilines is 1. The summed E-state index contributed by atoms with van der Waals surface area (Å²) in [5.41, 5.74) is 1.48. The molecule has 0 aliphatic rings. The van der Waals surface area contributed by atoms with Crippen molar-refractivity contribution >= 4 is 33.9 Å². The lowest BCUT2D eigenvalue weighted by atomic mass is 10.2. The number of aromatic nitrogens is 3. The van der Waals surface area contributed by atoms with E-state index in [0.717, 1.165) is 5.56 Å². The third-order valence-corrected chi connectivity index (χ3v) is 4.04. The van der Waals surface area contributed by atoms with E-state index in [0.29, 0.717) is 21.7 Å². The molecule has 25 heavy (non-hydrogen) atoms. The van der Waals surface area contributed by atoms with E-state index in [-0.39, 0.29) is 18.1 Å². The monoisotopic (exact) mass is 353 g/mol. The van der Waals surface area contributed by atoms with Gasteiger partial charge in [0.15, 0.2) is 5.82 Å². The molecule has 0 saturated carbocycles. The Morgan fingerprint density at radius 3 is 2.72 bits per heavy atom. The summed E-state index contributed by atoms with van der Waals surface area (Å²) >= 11 is 1.26. The van der Waals surface area contributed by atoms with Crippen molar-refractivity contribution < 1.29 is 9.90 Å². The second-order valence-electron chi connectivity index (χ2n) is 5.22. The van der Waals surface area contributed by atoms with Crippen LogP contribution in [0.4, 0.5) is 10.9 Å². The predicted octanol–water partition coefficient (Wildman–Crippen LogP) is 3.43. The average molecular weight is 353 g/mol. The Bertz CT molecular complexity index is 891. The van der Waals surface area contributed by atoms with Gasteiger partial charge in [-0.05, 0) is 43.3 Å². The molecule has 0 fully saturated rings. The van der Waals surface area contributed by atoms with E-state index in [9.17, 15) is 9.90 Å². The number of nitrogens with zero attached hydrogens (tertiary/aromatic N) is 4. The van der Waals surface area contributed by atoms with Gasteiger partial charge in [-0.15, -0.1) is 10.2 Å². The molecule has 3 aromatic rings. The third-order valence-electron chi connectivity index (χ3n) is 3.16. The van der Waals surface area contributed by atoms with Crippen molar-refractivity contribution in [2.75, 3.05) is 5.32 Å². The number of phenolic OH excluding ortho intramolecular Hbond substituents is 1. The Labute approximate surface area is 148 Å². The summed E-state index contributed by atoms with van der Waals surface area (Å²) in [5.74, 6) is 0.536. The minimum Gasteiger partial charge on any atom is -0.508 e. The second kappa shape index (κ2) is 7.63. The van der Waals surface area contributed by atoms with Crippen molar-refractivity contribution in [1.82, 2.24) is 15.2 Å². The van der Waals surface area contributed by atoms with Crippen molar-refractivity contribution in [3.05, 3.63) is 48.7 Å². The van der Waals surface area contributed by atoms with E-state index in [4.69, 9.17) is 0 Å². The van der Waals surface area contributed by atoms with Crippen LogP contribution in [0.15, 0.2) is 53.7 Å². The summed E-state index contributed by atoms with van der Waals surface area (Å²) in [6.07, 6.45) is 1.79. The first kappa shape index (κ1) is 16.7. The van der Waals surface area contributed by atoms with Crippen LogP contribution in [0.2, 0.25) is 0 Å². The minimum absolute atomic E-state index is 0.144. The zero-order valence-electron chi connectivity index (χ0n) is 13.4. The van der Waals surface area contributed by atoms with Gasteiger partial charge in [-0.1, -0.05) is 17.4 Å². The molecule has 7 nitrogen and oxygen atoms in total. The lowest BCUT2D eigenvalue weighted by Crippen LogP contribution is -2.14. The topological polar surface area (TPSA) is 100 Å². The molecular weight excluding hydrogens is 338 g/mol. The molecule has 0 saturated heterocycles. The van der Waals surface area contributed by atoms with Gasteiger partial charge in [-0.2, -0.15) is 0 Å². The number of amides is 1. The van der Waals surface area contributed by atoms with Crippen molar-refractivity contribution in [3.8, 4) is 16.3 Å². The van der Waals surface area contributed by atoms with Crippen LogP contribution in [0.25, 0.3) is 10.6 Å². The summed E-state index contributed by atoms with van der Waals surface area (Å²) in [5, 5.41) is 21.1. The van der Waals surface area contributed by atoms with E-state index in [1.807, 2.05) is 12.1 Å². The number of aliphatic imine (C=N–C) groups is 1. The van der Waals surface area contributed by atoms with Crippen LogP contribution in [-0.2, 0) is 4.79 Å². The predicted molar refractivity (Wildman–Crippen MR) is 97.3 cm³/mol. The van der Waals surface area contributed by atoms with Gasteiger partial charge >= 0.3 is 0 Å². The van der Waals surface area contributed by atoms with Crippen LogP contribution < -0.4 is 5.32 Å². The van der Waals surface area contributed by atoms with Crippen molar-refractivity contribution in [2.24, 2.45) is 4.99 Å². The Balaban J connectivity index is 1.62. The molecule has 1 aromatic carbocycles. The molecular formula is C17H15N5O2S. The normalized spacial score (nSPS) is 11.3. The van der Waals surface area contributed by atoms with Gasteiger partial charge in [0.25, 0.3) is 0 Å². The fraction of sp³-hybridized carbons (Fsp3) is 0.118. The van der Waals surface area contributed by atoms with Crippen LogP contribution in [0.1, 0.15) is 13.3 Å². The zero-order valence-corrected chi connectivity index (χ0v) is 14.2. The molecule has 0 radical (unpaired) electrons. The highest BCUT2D eigenvalue weighted by molar-refractivity contribution is 7.18. The maximum atomic E-state index is 12.1. The number of carbonyl (C=O) groups excluding carboxylic acids is 1. The highest BCUT2D eigenvalue weighted by Crippen LogP contribution is 2.27. The number of phenols is 1. The maximum absolute atomic E-state index is 12.1. The molecule has 2 heterocycles. The first-order valence-electron chi connectivity index (χ1n) is 7.48. The Morgan fingerprint density at radius 1 is 1.20 bits per heavy atom. The highest BCUT2D eigenvalue weighted by Gasteiger charge is 2.11. The fourth-order valence-corrected chi connectivity index (χ4v) is 2.81. The number of aromatic hydroxyl groups is 1. The van der Waals surface area contributed by atoms with Crippen LogP contribution >= 0.6 is 11.3 Å². The van der Waals surface area contributed by atoms with Crippen molar-refractivity contribution in [2.45, 2.75) is 13.3 Å². The van der Waals surface area contributed by atoms with Crippen molar-refractivity contribution in [1.29, 1.82) is 0 Å². The van der Waals surface area contributed by atoms with E-state index in [1.165, 1.54) is 11.3 Å². The molecule has 0 aliphatic heterocycles. The molecule has 3 rings (SSSR count). The van der Waals surface area contributed by atoms with Gasteiger partial charge in [-0.3, -0.25) is 4.79 Å². The van der Waals surface area contributed by atoms with Gasteiger partial charge in [-0.25, -0.2) is 9.98 Å². The zero-order chi connectivity index (χ0) is 17.6. The van der Waals surface area contributed by atoms with Crippen LogP contribution in [0.5, 0.6) is 5.75 Å². The summed E-state index contributed by atoms with van der Waals surface area (Å²) in [6, 6.07) is 12.1. The minimum atomic E-state index is -0.217. The SMILES string of the molecule is CC(CC(=O)Nc1nnc(-c2ccc(O)cc2)s1)=Nc1ccccn1. The van der Waals surface area contributed by atoms with Crippen LogP contribution in [0.3, 0.4) is 0 Å². The van der Waals surface area contributed by atoms with E-state index >= 15 is 0 Å².